The molecule has 4 atom stereocenters. The van der Waals surface area contributed by atoms with Gasteiger partial charge in [-0.25, -0.2) is 0 Å². The summed E-state index contributed by atoms with van der Waals surface area (Å²) >= 11 is 0. The second-order valence-corrected chi connectivity index (χ2v) is 9.32. The third-order valence-electron chi connectivity index (χ3n) is 7.98. The Bertz CT molecular complexity index is 812. The lowest BCUT2D eigenvalue weighted by Gasteiger charge is -2.40. The molecule has 1 N–H and O–H groups in total. The van der Waals surface area contributed by atoms with E-state index in [9.17, 15) is 9.59 Å². The first-order valence-corrected chi connectivity index (χ1v) is 10.1. The molecule has 4 unspecified atom stereocenters. The van der Waals surface area contributed by atoms with Crippen LogP contribution in [0, 0.1) is 16.7 Å². The quantitative estimate of drug-likeness (QED) is 0.868. The molecule has 1 aromatic rings. The Balaban J connectivity index is 1.52. The lowest BCUT2D eigenvalue weighted by Crippen LogP contribution is -2.47. The minimum Gasteiger partial charge on any atom is -0.353 e. The highest BCUT2D eigenvalue weighted by molar-refractivity contribution is 5.82. The minimum atomic E-state index is -0.233. The number of rotatable bonds is 3. The van der Waals surface area contributed by atoms with E-state index in [1.165, 1.54) is 12.8 Å². The first kappa shape index (κ1) is 18.3. The molecule has 2 amide bonds. The summed E-state index contributed by atoms with van der Waals surface area (Å²) in [6.07, 6.45) is 7.60. The van der Waals surface area contributed by atoms with E-state index in [-0.39, 0.29) is 34.7 Å². The topological polar surface area (TPSA) is 49.4 Å². The van der Waals surface area contributed by atoms with Gasteiger partial charge in [-0.1, -0.05) is 45.0 Å². The highest BCUT2D eigenvalue weighted by Gasteiger charge is 2.61. The van der Waals surface area contributed by atoms with Crippen molar-refractivity contribution in [2.75, 3.05) is 0 Å². The number of carbonyl (C=O) groups is 2. The van der Waals surface area contributed by atoms with Crippen molar-refractivity contribution in [1.82, 2.24) is 10.2 Å². The number of amides is 2. The van der Waals surface area contributed by atoms with Crippen LogP contribution in [0.4, 0.5) is 0 Å². The summed E-state index contributed by atoms with van der Waals surface area (Å²) in [7, 11) is 0. The van der Waals surface area contributed by atoms with Gasteiger partial charge in [-0.05, 0) is 53.2 Å². The van der Waals surface area contributed by atoms with Crippen LogP contribution in [0.1, 0.15) is 70.5 Å². The van der Waals surface area contributed by atoms with E-state index < -0.39 is 0 Å². The molecule has 27 heavy (non-hydrogen) atoms. The van der Waals surface area contributed by atoms with Crippen LogP contribution in [0.5, 0.6) is 0 Å². The van der Waals surface area contributed by atoms with Gasteiger partial charge in [-0.3, -0.25) is 9.59 Å². The average Bonchev–Trinajstić information content (AvgIpc) is 2.95. The molecule has 0 radical (unpaired) electrons. The molecule has 4 rings (SSSR count). The molecule has 2 bridgehead atoms. The van der Waals surface area contributed by atoms with Crippen LogP contribution in [-0.2, 0) is 9.59 Å². The fourth-order valence-corrected chi connectivity index (χ4v) is 5.76. The Kier molecular flexibility index (Phi) is 4.21. The van der Waals surface area contributed by atoms with E-state index in [0.29, 0.717) is 12.3 Å². The smallest absolute Gasteiger partial charge is 0.223 e. The number of carbonyl (C=O) groups excluding carboxylic acids is 2. The number of nitrogens with one attached hydrogen (secondary N) is 1. The van der Waals surface area contributed by atoms with Gasteiger partial charge in [0.2, 0.25) is 11.8 Å². The van der Waals surface area contributed by atoms with Crippen LogP contribution >= 0.6 is 0 Å². The fraction of sp³-hybridized carbons (Fsp3) is 0.565. The first-order valence-electron chi connectivity index (χ1n) is 10.1. The number of benzene rings is 1. The molecular formula is C23H30N2O2. The van der Waals surface area contributed by atoms with Crippen molar-refractivity contribution in [2.45, 2.75) is 65.5 Å². The molecule has 1 aromatic carbocycles. The van der Waals surface area contributed by atoms with Crippen molar-refractivity contribution >= 4 is 17.9 Å². The van der Waals surface area contributed by atoms with Gasteiger partial charge in [-0.15, -0.1) is 0 Å². The van der Waals surface area contributed by atoms with Gasteiger partial charge in [0, 0.05) is 19.2 Å². The predicted octanol–water partition coefficient (Wildman–Crippen LogP) is 4.28. The van der Waals surface area contributed by atoms with Gasteiger partial charge >= 0.3 is 0 Å². The first-order chi connectivity index (χ1) is 12.7. The number of nitrogens with zero attached hydrogens (tertiary/aromatic N) is 1. The molecule has 4 nitrogen and oxygen atoms in total. The largest absolute Gasteiger partial charge is 0.353 e. The summed E-state index contributed by atoms with van der Waals surface area (Å²) in [4.78, 5) is 26.8. The molecule has 2 aliphatic carbocycles. The van der Waals surface area contributed by atoms with E-state index >= 15 is 0 Å². The molecular weight excluding hydrogens is 336 g/mol. The second kappa shape index (κ2) is 6.22. The predicted molar refractivity (Wildman–Crippen MR) is 107 cm³/mol. The average molecular weight is 367 g/mol. The Morgan fingerprint density at radius 1 is 1.22 bits per heavy atom. The van der Waals surface area contributed by atoms with Crippen LogP contribution < -0.4 is 5.32 Å². The Morgan fingerprint density at radius 3 is 2.59 bits per heavy atom. The number of hydrogen-bond donors (Lipinski definition) is 1. The SMILES string of the molecule is CC(=O)N1C=Cc2ccccc2C1CC(=O)NC1CC2CCC1(C)C2(C)C. The summed E-state index contributed by atoms with van der Waals surface area (Å²) in [6, 6.07) is 8.02. The minimum absolute atomic E-state index is 0.0356. The number of fused-ring (bicyclic) bond motifs is 3. The molecule has 2 fully saturated rings. The summed E-state index contributed by atoms with van der Waals surface area (Å²) in [6.45, 7) is 8.61. The lowest BCUT2D eigenvalue weighted by atomic mass is 9.69. The lowest BCUT2D eigenvalue weighted by molar-refractivity contribution is -0.130. The standard InChI is InChI=1S/C23H30N2O2/c1-15(26)25-12-10-16-7-5-6-8-18(16)19(25)14-21(27)24-20-13-17-9-11-23(20,4)22(17,2)3/h5-8,10,12,17,19-20H,9,11,13-14H2,1-4H3,(H,24,27). The summed E-state index contributed by atoms with van der Waals surface area (Å²) in [5.41, 5.74) is 2.57. The van der Waals surface area contributed by atoms with E-state index in [1.54, 1.807) is 11.8 Å². The molecule has 0 saturated heterocycles. The molecule has 1 aliphatic heterocycles. The Labute approximate surface area is 162 Å². The van der Waals surface area contributed by atoms with Crippen molar-refractivity contribution in [3.05, 3.63) is 41.6 Å². The van der Waals surface area contributed by atoms with Gasteiger partial charge in [0.25, 0.3) is 0 Å². The van der Waals surface area contributed by atoms with Gasteiger partial charge in [0.05, 0.1) is 12.5 Å². The molecule has 0 aromatic heterocycles. The molecule has 0 spiro atoms. The highest BCUT2D eigenvalue weighted by Crippen LogP contribution is 2.65. The van der Waals surface area contributed by atoms with Crippen molar-refractivity contribution in [3.63, 3.8) is 0 Å². The van der Waals surface area contributed by atoms with Crippen molar-refractivity contribution < 1.29 is 9.59 Å². The highest BCUT2D eigenvalue weighted by atomic mass is 16.2. The zero-order valence-electron chi connectivity index (χ0n) is 16.8. The Hall–Kier alpha value is -2.10. The summed E-state index contributed by atoms with van der Waals surface area (Å²) in [5, 5.41) is 3.34. The molecule has 3 aliphatic rings. The zero-order chi connectivity index (χ0) is 19.4. The van der Waals surface area contributed by atoms with E-state index in [4.69, 9.17) is 0 Å². The van der Waals surface area contributed by atoms with Crippen LogP contribution in [0.3, 0.4) is 0 Å². The molecule has 1 heterocycles. The maximum absolute atomic E-state index is 13.0. The molecule has 144 valence electrons. The van der Waals surface area contributed by atoms with Crippen LogP contribution in [0.25, 0.3) is 6.08 Å². The van der Waals surface area contributed by atoms with E-state index in [1.807, 2.05) is 36.5 Å². The van der Waals surface area contributed by atoms with Crippen molar-refractivity contribution in [3.8, 4) is 0 Å². The zero-order valence-corrected chi connectivity index (χ0v) is 16.8. The van der Waals surface area contributed by atoms with Crippen molar-refractivity contribution in [2.24, 2.45) is 16.7 Å². The van der Waals surface area contributed by atoms with Gasteiger partial charge in [-0.2, -0.15) is 0 Å². The van der Waals surface area contributed by atoms with Crippen LogP contribution in [0.2, 0.25) is 0 Å². The second-order valence-electron chi connectivity index (χ2n) is 9.32. The normalized spacial score (nSPS) is 33.0. The molecule has 4 heteroatoms. The summed E-state index contributed by atoms with van der Waals surface area (Å²) < 4.78 is 0. The Morgan fingerprint density at radius 2 is 1.96 bits per heavy atom. The monoisotopic (exact) mass is 366 g/mol. The van der Waals surface area contributed by atoms with Gasteiger partial charge in [0.1, 0.15) is 0 Å². The van der Waals surface area contributed by atoms with Gasteiger partial charge in [0.15, 0.2) is 0 Å². The van der Waals surface area contributed by atoms with Crippen LogP contribution in [-0.4, -0.2) is 22.8 Å². The van der Waals surface area contributed by atoms with Gasteiger partial charge < -0.3 is 10.2 Å². The van der Waals surface area contributed by atoms with Crippen molar-refractivity contribution in [1.29, 1.82) is 0 Å². The maximum Gasteiger partial charge on any atom is 0.223 e. The van der Waals surface area contributed by atoms with E-state index in [0.717, 1.165) is 17.5 Å². The number of hydrogen-bond acceptors (Lipinski definition) is 2. The summed E-state index contributed by atoms with van der Waals surface area (Å²) in [5.74, 6) is 0.706. The third kappa shape index (κ3) is 2.72. The van der Waals surface area contributed by atoms with E-state index in [2.05, 4.69) is 26.1 Å². The molecule has 2 saturated carbocycles. The maximum atomic E-state index is 13.0. The fourth-order valence-electron chi connectivity index (χ4n) is 5.76. The van der Waals surface area contributed by atoms with Crippen LogP contribution in [0.15, 0.2) is 30.5 Å². The third-order valence-corrected chi connectivity index (χ3v) is 7.98.